The molecule has 3 aromatic rings. The molecule has 0 spiro atoms. The molecule has 0 unspecified atom stereocenters. The molecule has 1 saturated carbocycles. The molecule has 3 heterocycles. The SMILES string of the molecule is CC(C)(C)n1ncc2c(NCCn3cnccc3=O)nc(NCC3(CF)CCC3)nc21. The first kappa shape index (κ1) is 21.2. The molecule has 10 heteroatoms. The highest BCUT2D eigenvalue weighted by molar-refractivity contribution is 5.87. The van der Waals surface area contributed by atoms with E-state index in [2.05, 4.69) is 51.5 Å². The number of hydrogen-bond donors (Lipinski definition) is 2. The van der Waals surface area contributed by atoms with Crippen molar-refractivity contribution in [1.82, 2.24) is 29.3 Å². The van der Waals surface area contributed by atoms with Crippen molar-refractivity contribution in [2.75, 3.05) is 30.4 Å². The van der Waals surface area contributed by atoms with Gasteiger partial charge >= 0.3 is 0 Å². The van der Waals surface area contributed by atoms with Crippen molar-refractivity contribution in [1.29, 1.82) is 0 Å². The zero-order valence-electron chi connectivity index (χ0n) is 18.2. The fourth-order valence-corrected chi connectivity index (χ4v) is 3.75. The summed E-state index contributed by atoms with van der Waals surface area (Å²) in [5.74, 6) is 1.07. The van der Waals surface area contributed by atoms with Crippen LogP contribution in [0.3, 0.4) is 0 Å². The minimum atomic E-state index is -0.340. The summed E-state index contributed by atoms with van der Waals surface area (Å²) in [7, 11) is 0. The molecule has 0 aliphatic heterocycles. The summed E-state index contributed by atoms with van der Waals surface area (Å²) < 4.78 is 16.9. The number of anilines is 2. The lowest BCUT2D eigenvalue weighted by Gasteiger charge is -2.39. The van der Waals surface area contributed by atoms with Crippen LogP contribution < -0.4 is 16.2 Å². The van der Waals surface area contributed by atoms with E-state index in [0.717, 1.165) is 24.6 Å². The molecule has 0 radical (unpaired) electrons. The van der Waals surface area contributed by atoms with Gasteiger partial charge in [-0.15, -0.1) is 0 Å². The quantitative estimate of drug-likeness (QED) is 0.569. The molecule has 2 N–H and O–H groups in total. The lowest BCUT2D eigenvalue weighted by molar-refractivity contribution is 0.107. The Bertz CT molecular complexity index is 1110. The van der Waals surface area contributed by atoms with E-state index in [1.54, 1.807) is 6.20 Å². The van der Waals surface area contributed by atoms with Crippen LogP contribution in [-0.2, 0) is 12.1 Å². The molecule has 3 aromatic heterocycles. The monoisotopic (exact) mass is 428 g/mol. The van der Waals surface area contributed by atoms with Crippen molar-refractivity contribution in [2.45, 2.75) is 52.1 Å². The van der Waals surface area contributed by atoms with Crippen molar-refractivity contribution >= 4 is 22.8 Å². The molecule has 9 nitrogen and oxygen atoms in total. The van der Waals surface area contributed by atoms with E-state index >= 15 is 0 Å². The Morgan fingerprint density at radius 2 is 2.03 bits per heavy atom. The lowest BCUT2D eigenvalue weighted by Crippen LogP contribution is -2.38. The maximum absolute atomic E-state index is 13.5. The number of fused-ring (bicyclic) bond motifs is 1. The third-order valence-electron chi connectivity index (χ3n) is 5.82. The molecule has 166 valence electrons. The molecular formula is C21H29FN8O. The molecule has 0 saturated heterocycles. The Morgan fingerprint density at radius 3 is 2.68 bits per heavy atom. The molecule has 0 bridgehead atoms. The normalized spacial score (nSPS) is 15.6. The Morgan fingerprint density at radius 1 is 1.23 bits per heavy atom. The predicted molar refractivity (Wildman–Crippen MR) is 118 cm³/mol. The van der Waals surface area contributed by atoms with Crippen LogP contribution in [-0.4, -0.2) is 49.1 Å². The standard InChI is InChI=1S/C21H29FN8O/c1-20(2,3)30-18-15(11-26-30)17(24-9-10-29-14-23-8-5-16(29)31)27-19(28-18)25-13-21(12-22)6-4-7-21/h5,8,11,14H,4,6-7,9-10,12-13H2,1-3H3,(H2,24,25,27,28). The van der Waals surface area contributed by atoms with Crippen LogP contribution in [0.2, 0.25) is 0 Å². The van der Waals surface area contributed by atoms with Gasteiger partial charge in [-0.3, -0.25) is 13.8 Å². The minimum Gasteiger partial charge on any atom is -0.367 e. The van der Waals surface area contributed by atoms with Gasteiger partial charge in [0, 0.05) is 37.3 Å². The maximum Gasteiger partial charge on any atom is 0.253 e. The van der Waals surface area contributed by atoms with Gasteiger partial charge < -0.3 is 10.6 Å². The first-order valence-electron chi connectivity index (χ1n) is 10.6. The number of halogens is 1. The molecule has 4 rings (SSSR count). The Balaban J connectivity index is 1.60. The summed E-state index contributed by atoms with van der Waals surface area (Å²) in [6.45, 7) is 7.26. The fraction of sp³-hybridized carbons (Fsp3) is 0.571. The summed E-state index contributed by atoms with van der Waals surface area (Å²) in [6.07, 6.45) is 7.55. The summed E-state index contributed by atoms with van der Waals surface area (Å²) in [5.41, 5.74) is 0.0259. The van der Waals surface area contributed by atoms with Gasteiger partial charge in [0.15, 0.2) is 5.65 Å². The van der Waals surface area contributed by atoms with E-state index in [9.17, 15) is 9.18 Å². The number of nitrogens with one attached hydrogen (secondary N) is 2. The fourth-order valence-electron chi connectivity index (χ4n) is 3.75. The number of aromatic nitrogens is 6. The second-order valence-corrected chi connectivity index (χ2v) is 9.24. The summed E-state index contributed by atoms with van der Waals surface area (Å²) in [6, 6.07) is 1.43. The molecule has 1 aliphatic carbocycles. The number of nitrogens with zero attached hydrogens (tertiary/aromatic N) is 6. The lowest BCUT2D eigenvalue weighted by atomic mass is 9.70. The summed E-state index contributed by atoms with van der Waals surface area (Å²) >= 11 is 0. The number of rotatable bonds is 8. The second kappa shape index (κ2) is 8.24. The highest BCUT2D eigenvalue weighted by Crippen LogP contribution is 2.41. The first-order valence-corrected chi connectivity index (χ1v) is 10.6. The van der Waals surface area contributed by atoms with E-state index < -0.39 is 0 Å². The van der Waals surface area contributed by atoms with Crippen LogP contribution in [0.25, 0.3) is 11.0 Å². The Hall–Kier alpha value is -3.04. The van der Waals surface area contributed by atoms with E-state index in [-0.39, 0.29) is 23.2 Å². The Labute approximate surface area is 180 Å². The van der Waals surface area contributed by atoms with E-state index in [0.29, 0.717) is 37.0 Å². The average molecular weight is 429 g/mol. The van der Waals surface area contributed by atoms with Gasteiger partial charge in [0.25, 0.3) is 5.56 Å². The van der Waals surface area contributed by atoms with E-state index in [4.69, 9.17) is 0 Å². The first-order chi connectivity index (χ1) is 14.8. The smallest absolute Gasteiger partial charge is 0.253 e. The van der Waals surface area contributed by atoms with E-state index in [1.807, 2.05) is 4.68 Å². The number of hydrogen-bond acceptors (Lipinski definition) is 7. The average Bonchev–Trinajstić information content (AvgIpc) is 3.13. The van der Waals surface area contributed by atoms with Crippen molar-refractivity contribution in [2.24, 2.45) is 5.41 Å². The van der Waals surface area contributed by atoms with Gasteiger partial charge in [0.1, 0.15) is 5.82 Å². The second-order valence-electron chi connectivity index (χ2n) is 9.24. The molecule has 0 amide bonds. The number of alkyl halides is 1. The van der Waals surface area contributed by atoms with Gasteiger partial charge in [0.05, 0.1) is 30.1 Å². The van der Waals surface area contributed by atoms with Gasteiger partial charge in [-0.05, 0) is 33.6 Å². The van der Waals surface area contributed by atoms with Crippen LogP contribution in [0, 0.1) is 5.41 Å². The molecule has 0 atom stereocenters. The van der Waals surface area contributed by atoms with Crippen molar-refractivity contribution in [3.63, 3.8) is 0 Å². The van der Waals surface area contributed by atoms with Crippen molar-refractivity contribution < 1.29 is 4.39 Å². The zero-order valence-corrected chi connectivity index (χ0v) is 18.2. The minimum absolute atomic E-state index is 0.107. The molecule has 1 aliphatic rings. The van der Waals surface area contributed by atoms with E-state index in [1.165, 1.54) is 23.2 Å². The topological polar surface area (TPSA) is 103 Å². The van der Waals surface area contributed by atoms with Crippen LogP contribution in [0.4, 0.5) is 16.2 Å². The molecule has 1 fully saturated rings. The summed E-state index contributed by atoms with van der Waals surface area (Å²) in [4.78, 5) is 25.2. The van der Waals surface area contributed by atoms with Crippen molar-refractivity contribution in [3.8, 4) is 0 Å². The third kappa shape index (κ3) is 4.38. The van der Waals surface area contributed by atoms with Crippen LogP contribution in [0.15, 0.2) is 29.6 Å². The zero-order chi connectivity index (χ0) is 22.1. The molecule has 0 aromatic carbocycles. The third-order valence-corrected chi connectivity index (χ3v) is 5.82. The largest absolute Gasteiger partial charge is 0.367 e. The highest BCUT2D eigenvalue weighted by Gasteiger charge is 2.37. The van der Waals surface area contributed by atoms with Gasteiger partial charge in [-0.25, -0.2) is 9.67 Å². The van der Waals surface area contributed by atoms with Crippen LogP contribution in [0.1, 0.15) is 40.0 Å². The Kier molecular flexibility index (Phi) is 5.63. The van der Waals surface area contributed by atoms with Gasteiger partial charge in [-0.1, -0.05) is 6.42 Å². The van der Waals surface area contributed by atoms with Crippen LogP contribution >= 0.6 is 0 Å². The predicted octanol–water partition coefficient (Wildman–Crippen LogP) is 2.80. The maximum atomic E-state index is 13.5. The summed E-state index contributed by atoms with van der Waals surface area (Å²) in [5, 5.41) is 11.9. The molecule has 31 heavy (non-hydrogen) atoms. The molecular weight excluding hydrogens is 399 g/mol. The van der Waals surface area contributed by atoms with Crippen LogP contribution in [0.5, 0.6) is 0 Å². The van der Waals surface area contributed by atoms with Crippen molar-refractivity contribution in [3.05, 3.63) is 35.1 Å². The van der Waals surface area contributed by atoms with Gasteiger partial charge in [-0.2, -0.15) is 15.1 Å². The highest BCUT2D eigenvalue weighted by atomic mass is 19.1. The van der Waals surface area contributed by atoms with Gasteiger partial charge in [0.2, 0.25) is 5.95 Å².